The number of hydrogen-bond acceptors (Lipinski definition) is 3. The van der Waals surface area contributed by atoms with Crippen LogP contribution >= 0.6 is 11.6 Å². The van der Waals surface area contributed by atoms with Crippen molar-refractivity contribution in [2.45, 2.75) is 19.1 Å². The molecule has 3 nitrogen and oxygen atoms in total. The molecule has 0 atom stereocenters. The van der Waals surface area contributed by atoms with Gasteiger partial charge in [-0.05, 0) is 26.0 Å². The Morgan fingerprint density at radius 3 is 2.12 bits per heavy atom. The molecule has 0 saturated heterocycles. The van der Waals surface area contributed by atoms with Crippen LogP contribution in [-0.4, -0.2) is 25.1 Å². The van der Waals surface area contributed by atoms with Crippen LogP contribution in [0.15, 0.2) is 30.3 Å². The highest BCUT2D eigenvalue weighted by Gasteiger charge is 2.29. The summed E-state index contributed by atoms with van der Waals surface area (Å²) in [5.41, 5.74) is 0. The third-order valence-electron chi connectivity index (χ3n) is 1.87. The molecule has 0 N–H and O–H groups in total. The quantitative estimate of drug-likeness (QED) is 0.545. The van der Waals surface area contributed by atoms with E-state index in [9.17, 15) is 0 Å². The van der Waals surface area contributed by atoms with Crippen molar-refractivity contribution >= 4 is 11.6 Å². The Balaban J connectivity index is 2.49. The zero-order valence-corrected chi connectivity index (χ0v) is 10.4. The lowest BCUT2D eigenvalue weighted by Crippen LogP contribution is -2.36. The van der Waals surface area contributed by atoms with Gasteiger partial charge in [-0.25, -0.2) is 0 Å². The summed E-state index contributed by atoms with van der Waals surface area (Å²) >= 11 is 6.12. The molecule has 0 aromatic heterocycles. The first kappa shape index (κ1) is 13.3. The van der Waals surface area contributed by atoms with E-state index < -0.39 is 5.25 Å². The van der Waals surface area contributed by atoms with E-state index in [1.165, 1.54) is 0 Å². The van der Waals surface area contributed by atoms with Crippen LogP contribution in [0.3, 0.4) is 0 Å². The molecule has 0 spiro atoms. The summed E-state index contributed by atoms with van der Waals surface area (Å²) in [6.45, 7) is 4.82. The fourth-order valence-electron chi connectivity index (χ4n) is 1.24. The van der Waals surface area contributed by atoms with Crippen molar-refractivity contribution in [2.24, 2.45) is 0 Å². The number of para-hydroxylation sites is 1. The van der Waals surface area contributed by atoms with Crippen LogP contribution in [0.2, 0.25) is 0 Å². The molecular formula is C12H17ClO3. The van der Waals surface area contributed by atoms with Gasteiger partial charge in [0.2, 0.25) is 0 Å². The lowest BCUT2D eigenvalue weighted by molar-refractivity contribution is -0.187. The summed E-state index contributed by atoms with van der Waals surface area (Å²) in [4.78, 5) is 0. The van der Waals surface area contributed by atoms with Crippen LogP contribution < -0.4 is 4.74 Å². The molecule has 1 rings (SSSR count). The van der Waals surface area contributed by atoms with E-state index >= 15 is 0 Å². The van der Waals surface area contributed by atoms with Gasteiger partial charge in [0, 0.05) is 13.2 Å². The van der Waals surface area contributed by atoms with Crippen molar-refractivity contribution in [3.8, 4) is 5.75 Å². The largest absolute Gasteiger partial charge is 0.487 e. The van der Waals surface area contributed by atoms with E-state index in [2.05, 4.69) is 0 Å². The summed E-state index contributed by atoms with van der Waals surface area (Å²) in [7, 11) is 0. The van der Waals surface area contributed by atoms with E-state index in [1.807, 2.05) is 44.2 Å². The molecule has 0 saturated carbocycles. The van der Waals surface area contributed by atoms with Gasteiger partial charge in [0.25, 0.3) is 5.25 Å². The second kappa shape index (κ2) is 6.74. The molecule has 0 bridgehead atoms. The van der Waals surface area contributed by atoms with Crippen LogP contribution in [0.1, 0.15) is 13.8 Å². The van der Waals surface area contributed by atoms with E-state index in [0.717, 1.165) is 5.75 Å². The molecule has 0 fully saturated rings. The molecule has 0 aliphatic rings. The molecule has 0 radical (unpaired) electrons. The molecule has 16 heavy (non-hydrogen) atoms. The van der Waals surface area contributed by atoms with Gasteiger partial charge in [-0.15, -0.1) is 0 Å². The van der Waals surface area contributed by atoms with Crippen molar-refractivity contribution in [3.05, 3.63) is 30.3 Å². The van der Waals surface area contributed by atoms with Crippen molar-refractivity contribution < 1.29 is 14.2 Å². The van der Waals surface area contributed by atoms with E-state index in [-0.39, 0.29) is 6.61 Å². The Kier molecular flexibility index (Phi) is 5.60. The Morgan fingerprint density at radius 2 is 1.62 bits per heavy atom. The summed E-state index contributed by atoms with van der Waals surface area (Å²) in [6, 6.07) is 9.43. The number of alkyl halides is 1. The maximum absolute atomic E-state index is 6.12. The molecule has 0 amide bonds. The number of halogens is 1. The maximum Gasteiger partial charge on any atom is 0.284 e. The summed E-state index contributed by atoms with van der Waals surface area (Å²) in [5.74, 6) is 0.743. The first-order chi connectivity index (χ1) is 7.70. The van der Waals surface area contributed by atoms with Crippen molar-refractivity contribution in [1.82, 2.24) is 0 Å². The van der Waals surface area contributed by atoms with E-state index in [4.69, 9.17) is 25.8 Å². The lowest BCUT2D eigenvalue weighted by atomic mass is 10.3. The first-order valence-corrected chi connectivity index (χ1v) is 5.72. The predicted octanol–water partition coefficient (Wildman–Crippen LogP) is 3.03. The highest BCUT2D eigenvalue weighted by Crippen LogP contribution is 2.21. The minimum absolute atomic E-state index is 0.153. The third-order valence-corrected chi connectivity index (χ3v) is 2.20. The smallest absolute Gasteiger partial charge is 0.284 e. The number of hydrogen-bond donors (Lipinski definition) is 0. The summed E-state index contributed by atoms with van der Waals surface area (Å²) in [5, 5.41) is -1.20. The van der Waals surface area contributed by atoms with E-state index in [1.54, 1.807) is 0 Å². The average Bonchev–Trinajstić information content (AvgIpc) is 2.29. The average molecular weight is 245 g/mol. The molecule has 1 aromatic rings. The van der Waals surface area contributed by atoms with Crippen molar-refractivity contribution in [2.75, 3.05) is 19.8 Å². The van der Waals surface area contributed by atoms with Gasteiger partial charge >= 0.3 is 0 Å². The number of benzene rings is 1. The molecule has 0 aliphatic heterocycles. The fourth-order valence-corrected chi connectivity index (χ4v) is 1.52. The Labute approximate surface area is 101 Å². The monoisotopic (exact) mass is 244 g/mol. The Hall–Kier alpha value is -0.770. The molecule has 1 aromatic carbocycles. The van der Waals surface area contributed by atoms with Gasteiger partial charge < -0.3 is 14.2 Å². The van der Waals surface area contributed by atoms with Crippen LogP contribution in [0.5, 0.6) is 5.75 Å². The fraction of sp³-hybridized carbons (Fsp3) is 0.500. The molecule has 0 unspecified atom stereocenters. The van der Waals surface area contributed by atoms with Crippen LogP contribution in [0.4, 0.5) is 0 Å². The second-order valence-electron chi connectivity index (χ2n) is 3.13. The van der Waals surface area contributed by atoms with Gasteiger partial charge in [-0.2, -0.15) is 0 Å². The number of rotatable bonds is 7. The van der Waals surface area contributed by atoms with Gasteiger partial charge in [0.15, 0.2) is 6.61 Å². The van der Waals surface area contributed by atoms with Crippen LogP contribution in [0, 0.1) is 0 Å². The normalized spacial score (nSPS) is 11.4. The predicted molar refractivity (Wildman–Crippen MR) is 63.8 cm³/mol. The molecule has 0 aliphatic carbocycles. The Bertz CT molecular complexity index is 284. The zero-order valence-electron chi connectivity index (χ0n) is 9.61. The maximum atomic E-state index is 6.12. The molecule has 4 heteroatoms. The minimum Gasteiger partial charge on any atom is -0.487 e. The molecular weight excluding hydrogens is 228 g/mol. The van der Waals surface area contributed by atoms with Gasteiger partial charge in [-0.3, -0.25) is 0 Å². The van der Waals surface area contributed by atoms with Crippen molar-refractivity contribution in [3.63, 3.8) is 0 Å². The highest BCUT2D eigenvalue weighted by atomic mass is 35.5. The summed E-state index contributed by atoms with van der Waals surface area (Å²) < 4.78 is 16.1. The zero-order chi connectivity index (χ0) is 11.9. The molecule has 0 heterocycles. The topological polar surface area (TPSA) is 27.7 Å². The highest BCUT2D eigenvalue weighted by molar-refractivity contribution is 6.22. The van der Waals surface area contributed by atoms with E-state index in [0.29, 0.717) is 13.2 Å². The summed E-state index contributed by atoms with van der Waals surface area (Å²) in [6.07, 6.45) is 0. The van der Waals surface area contributed by atoms with Crippen LogP contribution in [-0.2, 0) is 9.47 Å². The van der Waals surface area contributed by atoms with Gasteiger partial charge in [0.1, 0.15) is 5.75 Å². The Morgan fingerprint density at radius 1 is 1.06 bits per heavy atom. The standard InChI is InChI=1S/C12H17ClO3/c1-3-15-12(13,16-4-2)10-14-11-8-6-5-7-9-11/h5-9H,3-4,10H2,1-2H3. The van der Waals surface area contributed by atoms with Gasteiger partial charge in [-0.1, -0.05) is 29.8 Å². The first-order valence-electron chi connectivity index (χ1n) is 5.35. The lowest BCUT2D eigenvalue weighted by Gasteiger charge is -2.26. The minimum atomic E-state index is -1.20. The van der Waals surface area contributed by atoms with Gasteiger partial charge in [0.05, 0.1) is 0 Å². The van der Waals surface area contributed by atoms with Crippen molar-refractivity contribution in [1.29, 1.82) is 0 Å². The number of ether oxygens (including phenoxy) is 3. The van der Waals surface area contributed by atoms with Crippen LogP contribution in [0.25, 0.3) is 0 Å². The third kappa shape index (κ3) is 4.39. The molecule has 90 valence electrons. The SMILES string of the molecule is CCOC(Cl)(COc1ccccc1)OCC. The second-order valence-corrected chi connectivity index (χ2v) is 3.70.